The number of benzene rings is 2. The third-order valence-electron chi connectivity index (χ3n) is 3.08. The summed E-state index contributed by atoms with van der Waals surface area (Å²) in [6.07, 6.45) is 0. The van der Waals surface area contributed by atoms with Crippen molar-refractivity contribution in [3.8, 4) is 6.07 Å². The van der Waals surface area contributed by atoms with Crippen molar-refractivity contribution in [2.45, 2.75) is 11.8 Å². The molecule has 2 aromatic rings. The van der Waals surface area contributed by atoms with Crippen LogP contribution >= 0.6 is 11.8 Å². The number of carbonyl (C=O) groups excluding carboxylic acids is 1. The van der Waals surface area contributed by atoms with Gasteiger partial charge in [-0.15, -0.1) is 11.8 Å². The van der Waals surface area contributed by atoms with E-state index in [0.717, 1.165) is 4.90 Å². The quantitative estimate of drug-likeness (QED) is 0.791. The average Bonchev–Trinajstić information content (AvgIpc) is 2.55. The van der Waals surface area contributed by atoms with Gasteiger partial charge in [0.25, 0.3) is 0 Å². The molecule has 2 aromatic carbocycles. The van der Waals surface area contributed by atoms with Crippen LogP contribution in [0.5, 0.6) is 0 Å². The van der Waals surface area contributed by atoms with E-state index >= 15 is 0 Å². The van der Waals surface area contributed by atoms with Crippen molar-refractivity contribution in [2.75, 3.05) is 22.9 Å². The highest BCUT2D eigenvalue weighted by molar-refractivity contribution is 7.99. The van der Waals surface area contributed by atoms with E-state index in [0.29, 0.717) is 22.7 Å². The predicted molar refractivity (Wildman–Crippen MR) is 91.0 cm³/mol. The van der Waals surface area contributed by atoms with Gasteiger partial charge < -0.3 is 10.6 Å². The van der Waals surface area contributed by atoms with Crippen LogP contribution < -0.4 is 10.6 Å². The van der Waals surface area contributed by atoms with Crippen molar-refractivity contribution in [3.05, 3.63) is 53.8 Å². The molecule has 0 saturated heterocycles. The lowest BCUT2D eigenvalue weighted by Gasteiger charge is -2.11. The molecule has 23 heavy (non-hydrogen) atoms. The maximum absolute atomic E-state index is 13.5. The number of nitrogens with one attached hydrogen (secondary N) is 2. The summed E-state index contributed by atoms with van der Waals surface area (Å²) >= 11 is 1.36. The number of carbonyl (C=O) groups is 1. The van der Waals surface area contributed by atoms with Gasteiger partial charge in [0.1, 0.15) is 5.82 Å². The van der Waals surface area contributed by atoms with Crippen LogP contribution in [-0.2, 0) is 4.79 Å². The number of thioether (sulfide) groups is 1. The van der Waals surface area contributed by atoms with Crippen LogP contribution in [0.15, 0.2) is 47.4 Å². The third kappa shape index (κ3) is 5.01. The monoisotopic (exact) mass is 329 g/mol. The van der Waals surface area contributed by atoms with E-state index in [1.54, 1.807) is 25.1 Å². The molecule has 0 saturated carbocycles. The van der Waals surface area contributed by atoms with E-state index in [9.17, 15) is 9.18 Å². The summed E-state index contributed by atoms with van der Waals surface area (Å²) in [6.45, 7) is 1.71. The number of hydrogen-bond donors (Lipinski definition) is 2. The summed E-state index contributed by atoms with van der Waals surface area (Å²) in [5.41, 5.74) is 1.77. The number of aryl methyl sites for hydroxylation is 1. The van der Waals surface area contributed by atoms with Crippen molar-refractivity contribution in [1.29, 1.82) is 5.26 Å². The van der Waals surface area contributed by atoms with Crippen molar-refractivity contribution in [3.63, 3.8) is 0 Å². The maximum Gasteiger partial charge on any atom is 0.243 e. The maximum atomic E-state index is 13.5. The molecule has 0 aliphatic carbocycles. The molecule has 2 rings (SSSR count). The van der Waals surface area contributed by atoms with Crippen molar-refractivity contribution in [1.82, 2.24) is 0 Å². The SMILES string of the molecule is Cc1ccc(NCC(=O)Nc2ccccc2SCC#N)cc1F. The molecular weight excluding hydrogens is 313 g/mol. The van der Waals surface area contributed by atoms with Gasteiger partial charge in [0.15, 0.2) is 0 Å². The van der Waals surface area contributed by atoms with Gasteiger partial charge >= 0.3 is 0 Å². The van der Waals surface area contributed by atoms with Crippen LogP contribution in [0.2, 0.25) is 0 Å². The minimum Gasteiger partial charge on any atom is -0.376 e. The molecule has 1 amide bonds. The van der Waals surface area contributed by atoms with Gasteiger partial charge in [0.2, 0.25) is 5.91 Å². The lowest BCUT2D eigenvalue weighted by molar-refractivity contribution is -0.114. The Hall–Kier alpha value is -2.52. The summed E-state index contributed by atoms with van der Waals surface area (Å²) in [4.78, 5) is 12.9. The second-order valence-electron chi connectivity index (χ2n) is 4.81. The standard InChI is InChI=1S/C17H16FN3OS/c1-12-6-7-13(10-14(12)18)20-11-17(22)21-15-4-2-3-5-16(15)23-9-8-19/h2-7,10,20H,9,11H2,1H3,(H,21,22). The molecule has 6 heteroatoms. The van der Waals surface area contributed by atoms with E-state index in [2.05, 4.69) is 16.7 Å². The Morgan fingerprint density at radius 1 is 1.30 bits per heavy atom. The fourth-order valence-electron chi connectivity index (χ4n) is 1.89. The van der Waals surface area contributed by atoms with Gasteiger partial charge in [0, 0.05) is 10.6 Å². The van der Waals surface area contributed by atoms with Crippen molar-refractivity contribution in [2.24, 2.45) is 0 Å². The van der Waals surface area contributed by atoms with Crippen LogP contribution in [0, 0.1) is 24.1 Å². The van der Waals surface area contributed by atoms with Crippen LogP contribution in [0.1, 0.15) is 5.56 Å². The third-order valence-corrected chi connectivity index (χ3v) is 4.02. The lowest BCUT2D eigenvalue weighted by Crippen LogP contribution is -2.22. The molecular formula is C17H16FN3OS. The van der Waals surface area contributed by atoms with E-state index in [-0.39, 0.29) is 18.3 Å². The number of amides is 1. The number of hydrogen-bond acceptors (Lipinski definition) is 4. The molecule has 0 spiro atoms. The topological polar surface area (TPSA) is 64.9 Å². The highest BCUT2D eigenvalue weighted by Crippen LogP contribution is 2.26. The Balaban J connectivity index is 1.94. The summed E-state index contributed by atoms with van der Waals surface area (Å²) in [5.74, 6) is -0.238. The Morgan fingerprint density at radius 3 is 2.83 bits per heavy atom. The fraction of sp³-hybridized carbons (Fsp3) is 0.176. The second-order valence-corrected chi connectivity index (χ2v) is 5.83. The molecule has 0 aliphatic rings. The zero-order valence-electron chi connectivity index (χ0n) is 12.6. The molecule has 0 aromatic heterocycles. The molecule has 0 radical (unpaired) electrons. The Kier molecular flexibility index (Phi) is 6.01. The summed E-state index contributed by atoms with van der Waals surface area (Å²) in [6, 6.07) is 14.1. The zero-order valence-corrected chi connectivity index (χ0v) is 13.4. The minimum atomic E-state index is -0.311. The molecule has 0 atom stereocenters. The number of nitriles is 1. The first-order valence-corrected chi connectivity index (χ1v) is 7.97. The number of para-hydroxylation sites is 1. The molecule has 0 heterocycles. The number of halogens is 1. The first-order valence-electron chi connectivity index (χ1n) is 6.99. The van der Waals surface area contributed by atoms with Crippen LogP contribution in [0.3, 0.4) is 0 Å². The molecule has 118 valence electrons. The van der Waals surface area contributed by atoms with Gasteiger partial charge in [-0.05, 0) is 36.8 Å². The van der Waals surface area contributed by atoms with Gasteiger partial charge in [-0.25, -0.2) is 4.39 Å². The molecule has 0 unspecified atom stereocenters. The largest absolute Gasteiger partial charge is 0.376 e. The number of nitrogens with zero attached hydrogens (tertiary/aromatic N) is 1. The highest BCUT2D eigenvalue weighted by atomic mass is 32.2. The van der Waals surface area contributed by atoms with E-state index in [4.69, 9.17) is 5.26 Å². The minimum absolute atomic E-state index is 0.0275. The van der Waals surface area contributed by atoms with E-state index in [1.165, 1.54) is 17.8 Å². The molecule has 0 fully saturated rings. The number of anilines is 2. The van der Waals surface area contributed by atoms with Crippen LogP contribution in [0.25, 0.3) is 0 Å². The molecule has 0 bridgehead atoms. The Morgan fingerprint density at radius 2 is 2.09 bits per heavy atom. The Bertz CT molecular complexity index is 743. The van der Waals surface area contributed by atoms with Crippen LogP contribution in [0.4, 0.5) is 15.8 Å². The summed E-state index contributed by atoms with van der Waals surface area (Å²) < 4.78 is 13.5. The van der Waals surface area contributed by atoms with E-state index < -0.39 is 0 Å². The summed E-state index contributed by atoms with van der Waals surface area (Å²) in [7, 11) is 0. The summed E-state index contributed by atoms with van der Waals surface area (Å²) in [5, 5.41) is 14.3. The molecule has 2 N–H and O–H groups in total. The first kappa shape index (κ1) is 16.8. The molecule has 0 aliphatic heterocycles. The first-order chi connectivity index (χ1) is 11.1. The van der Waals surface area contributed by atoms with Crippen LogP contribution in [-0.4, -0.2) is 18.2 Å². The Labute approximate surface area is 138 Å². The zero-order chi connectivity index (χ0) is 16.7. The smallest absolute Gasteiger partial charge is 0.243 e. The average molecular weight is 329 g/mol. The number of rotatable bonds is 6. The fourth-order valence-corrected chi connectivity index (χ4v) is 2.55. The van der Waals surface area contributed by atoms with Gasteiger partial charge in [-0.3, -0.25) is 4.79 Å². The van der Waals surface area contributed by atoms with E-state index in [1.807, 2.05) is 18.2 Å². The lowest BCUT2D eigenvalue weighted by atomic mass is 10.2. The highest BCUT2D eigenvalue weighted by Gasteiger charge is 2.07. The van der Waals surface area contributed by atoms with Gasteiger partial charge in [0.05, 0.1) is 24.1 Å². The normalized spacial score (nSPS) is 9.96. The van der Waals surface area contributed by atoms with Crippen molar-refractivity contribution >= 4 is 29.0 Å². The molecule has 4 nitrogen and oxygen atoms in total. The predicted octanol–water partition coefficient (Wildman–Crippen LogP) is 3.80. The van der Waals surface area contributed by atoms with Crippen molar-refractivity contribution < 1.29 is 9.18 Å². The second kappa shape index (κ2) is 8.20. The van der Waals surface area contributed by atoms with Gasteiger partial charge in [-0.1, -0.05) is 18.2 Å². The van der Waals surface area contributed by atoms with Gasteiger partial charge in [-0.2, -0.15) is 5.26 Å².